The maximum absolute atomic E-state index is 11.3. The van der Waals surface area contributed by atoms with Crippen molar-refractivity contribution in [2.24, 2.45) is 5.73 Å². The maximum Gasteiger partial charge on any atom is 0.162 e. The highest BCUT2D eigenvalue weighted by atomic mass is 16.5. The van der Waals surface area contributed by atoms with Crippen molar-refractivity contribution in [2.45, 2.75) is 13.0 Å². The van der Waals surface area contributed by atoms with E-state index in [9.17, 15) is 4.79 Å². The molecule has 3 nitrogen and oxygen atoms in total. The van der Waals surface area contributed by atoms with Crippen LogP contribution in [-0.4, -0.2) is 19.5 Å². The smallest absolute Gasteiger partial charge is 0.162 e. The normalized spacial score (nSPS) is 10.1. The third-order valence-corrected chi connectivity index (χ3v) is 2.03. The van der Waals surface area contributed by atoms with Gasteiger partial charge in [-0.2, -0.15) is 0 Å². The van der Waals surface area contributed by atoms with Crippen LogP contribution in [0.2, 0.25) is 0 Å². The van der Waals surface area contributed by atoms with E-state index in [-0.39, 0.29) is 12.4 Å². The molecule has 0 radical (unpaired) electrons. The summed E-state index contributed by atoms with van der Waals surface area (Å²) in [4.78, 5) is 11.3. The van der Waals surface area contributed by atoms with Crippen molar-refractivity contribution in [3.8, 4) is 0 Å². The van der Waals surface area contributed by atoms with Gasteiger partial charge in [-0.15, -0.1) is 0 Å². The lowest BCUT2D eigenvalue weighted by atomic mass is 10.0. The quantitative estimate of drug-likeness (QED) is 0.756. The maximum atomic E-state index is 11.3. The summed E-state index contributed by atoms with van der Waals surface area (Å²) in [7, 11) is 1.52. The fraction of sp³-hybridized carbons (Fsp3) is 0.364. The first-order valence-electron chi connectivity index (χ1n) is 4.55. The number of hydrogen-bond acceptors (Lipinski definition) is 3. The Morgan fingerprint density at radius 2 is 2.00 bits per heavy atom. The number of ketones is 1. The number of hydrogen-bond donors (Lipinski definition) is 1. The highest BCUT2D eigenvalue weighted by Crippen LogP contribution is 2.08. The van der Waals surface area contributed by atoms with Gasteiger partial charge in [0.05, 0.1) is 0 Å². The van der Waals surface area contributed by atoms with Crippen molar-refractivity contribution in [3.63, 3.8) is 0 Å². The second-order valence-corrected chi connectivity index (χ2v) is 3.12. The lowest BCUT2D eigenvalue weighted by Gasteiger charge is -2.05. The lowest BCUT2D eigenvalue weighted by Crippen LogP contribution is -2.12. The molecule has 0 fully saturated rings. The molecule has 0 atom stereocenters. The summed E-state index contributed by atoms with van der Waals surface area (Å²) >= 11 is 0. The Kier molecular flexibility index (Phi) is 4.29. The molecule has 0 aromatic heterocycles. The van der Waals surface area contributed by atoms with Crippen molar-refractivity contribution in [2.75, 3.05) is 13.7 Å². The zero-order valence-electron chi connectivity index (χ0n) is 8.32. The molecule has 0 aliphatic heterocycles. The van der Waals surface area contributed by atoms with Crippen molar-refractivity contribution >= 4 is 5.78 Å². The second-order valence-electron chi connectivity index (χ2n) is 3.12. The standard InChI is InChI=1S/C11H15NO2/c1-14-8-11(13)6-9-4-2-3-5-10(9)7-12/h2-5H,6-8,12H2,1H3. The van der Waals surface area contributed by atoms with Crippen molar-refractivity contribution < 1.29 is 9.53 Å². The fourth-order valence-corrected chi connectivity index (χ4v) is 1.35. The third-order valence-electron chi connectivity index (χ3n) is 2.03. The molecule has 0 unspecified atom stereocenters. The van der Waals surface area contributed by atoms with Crippen LogP contribution in [0.25, 0.3) is 0 Å². The Balaban J connectivity index is 2.70. The van der Waals surface area contributed by atoms with Crippen molar-refractivity contribution in [1.29, 1.82) is 0 Å². The number of nitrogens with two attached hydrogens (primary N) is 1. The van der Waals surface area contributed by atoms with Gasteiger partial charge in [0, 0.05) is 20.1 Å². The van der Waals surface area contributed by atoms with Gasteiger partial charge >= 0.3 is 0 Å². The van der Waals surface area contributed by atoms with Gasteiger partial charge in [-0.05, 0) is 11.1 Å². The molecule has 0 spiro atoms. The van der Waals surface area contributed by atoms with E-state index in [1.807, 2.05) is 24.3 Å². The Morgan fingerprint density at radius 3 is 2.57 bits per heavy atom. The Bertz CT molecular complexity index is 310. The lowest BCUT2D eigenvalue weighted by molar-refractivity contribution is -0.121. The summed E-state index contributed by atoms with van der Waals surface area (Å²) in [5.74, 6) is 0.0772. The summed E-state index contributed by atoms with van der Waals surface area (Å²) < 4.78 is 4.77. The molecule has 0 amide bonds. The number of methoxy groups -OCH3 is 1. The Hall–Kier alpha value is -1.19. The summed E-state index contributed by atoms with van der Waals surface area (Å²) in [6, 6.07) is 7.70. The van der Waals surface area contributed by atoms with E-state index < -0.39 is 0 Å². The molecule has 76 valence electrons. The topological polar surface area (TPSA) is 52.3 Å². The zero-order chi connectivity index (χ0) is 10.4. The average molecular weight is 193 g/mol. The molecule has 1 rings (SSSR count). The summed E-state index contributed by atoms with van der Waals surface area (Å²) in [6.07, 6.45) is 0.404. The molecule has 0 saturated heterocycles. The van der Waals surface area contributed by atoms with E-state index in [1.54, 1.807) is 0 Å². The molecule has 0 aliphatic rings. The van der Waals surface area contributed by atoms with E-state index in [2.05, 4.69) is 0 Å². The average Bonchev–Trinajstić information content (AvgIpc) is 2.19. The Labute approximate surface area is 83.9 Å². The molecule has 1 aromatic rings. The van der Waals surface area contributed by atoms with E-state index in [0.717, 1.165) is 11.1 Å². The van der Waals surface area contributed by atoms with E-state index in [1.165, 1.54) is 7.11 Å². The SMILES string of the molecule is COCC(=O)Cc1ccccc1CN. The molecule has 0 bridgehead atoms. The largest absolute Gasteiger partial charge is 0.377 e. The van der Waals surface area contributed by atoms with Crippen LogP contribution in [0, 0.1) is 0 Å². The van der Waals surface area contributed by atoms with Gasteiger partial charge in [-0.25, -0.2) is 0 Å². The van der Waals surface area contributed by atoms with E-state index in [4.69, 9.17) is 10.5 Å². The Morgan fingerprint density at radius 1 is 1.36 bits per heavy atom. The molecule has 2 N–H and O–H groups in total. The van der Waals surface area contributed by atoms with E-state index in [0.29, 0.717) is 13.0 Å². The number of carbonyl (C=O) groups is 1. The second kappa shape index (κ2) is 5.52. The van der Waals surface area contributed by atoms with Crippen molar-refractivity contribution in [3.05, 3.63) is 35.4 Å². The van der Waals surface area contributed by atoms with Gasteiger partial charge in [0.25, 0.3) is 0 Å². The summed E-state index contributed by atoms with van der Waals surface area (Å²) in [6.45, 7) is 0.634. The van der Waals surface area contributed by atoms with Crippen LogP contribution in [0.5, 0.6) is 0 Å². The predicted octanol–water partition coefficient (Wildman–Crippen LogP) is 0.903. The molecule has 0 aliphatic carbocycles. The fourth-order valence-electron chi connectivity index (χ4n) is 1.35. The minimum atomic E-state index is 0.0772. The number of Topliss-reactive ketones (excluding diaryl/α,β-unsaturated/α-hetero) is 1. The first-order valence-corrected chi connectivity index (χ1v) is 4.55. The predicted molar refractivity (Wildman–Crippen MR) is 54.9 cm³/mol. The number of carbonyl (C=O) groups excluding carboxylic acids is 1. The molecule has 3 heteroatoms. The van der Waals surface area contributed by atoms with Gasteiger partial charge in [-0.1, -0.05) is 24.3 Å². The molecule has 14 heavy (non-hydrogen) atoms. The minimum absolute atomic E-state index is 0.0772. The van der Waals surface area contributed by atoms with Crippen molar-refractivity contribution in [1.82, 2.24) is 0 Å². The van der Waals surface area contributed by atoms with Crippen LogP contribution < -0.4 is 5.73 Å². The van der Waals surface area contributed by atoms with Crippen LogP contribution in [0.3, 0.4) is 0 Å². The van der Waals surface area contributed by atoms with Crippen LogP contribution in [0.4, 0.5) is 0 Å². The third kappa shape index (κ3) is 2.94. The molecular weight excluding hydrogens is 178 g/mol. The first kappa shape index (κ1) is 10.9. The molecular formula is C11H15NO2. The van der Waals surface area contributed by atoms with Crippen LogP contribution in [0.1, 0.15) is 11.1 Å². The number of ether oxygens (including phenoxy) is 1. The molecule has 1 aromatic carbocycles. The molecule has 0 heterocycles. The number of benzene rings is 1. The monoisotopic (exact) mass is 193 g/mol. The van der Waals surface area contributed by atoms with Gasteiger partial charge < -0.3 is 10.5 Å². The van der Waals surface area contributed by atoms with Crippen LogP contribution in [-0.2, 0) is 22.5 Å². The van der Waals surface area contributed by atoms with Gasteiger partial charge in [0.15, 0.2) is 5.78 Å². The van der Waals surface area contributed by atoms with Gasteiger partial charge in [-0.3, -0.25) is 4.79 Å². The molecule has 0 saturated carbocycles. The highest BCUT2D eigenvalue weighted by Gasteiger charge is 2.05. The summed E-state index contributed by atoms with van der Waals surface area (Å²) in [5, 5.41) is 0. The highest BCUT2D eigenvalue weighted by molar-refractivity contribution is 5.82. The van der Waals surface area contributed by atoms with Gasteiger partial charge in [0.1, 0.15) is 6.61 Å². The number of rotatable bonds is 5. The first-order chi connectivity index (χ1) is 6.77. The van der Waals surface area contributed by atoms with Crippen LogP contribution >= 0.6 is 0 Å². The minimum Gasteiger partial charge on any atom is -0.377 e. The van der Waals surface area contributed by atoms with Gasteiger partial charge in [0.2, 0.25) is 0 Å². The zero-order valence-corrected chi connectivity index (χ0v) is 8.32. The van der Waals surface area contributed by atoms with Crippen LogP contribution in [0.15, 0.2) is 24.3 Å². The summed E-state index contributed by atoms with van der Waals surface area (Å²) in [5.41, 5.74) is 7.58. The van der Waals surface area contributed by atoms with E-state index >= 15 is 0 Å².